The number of ether oxygens (including phenoxy) is 2. The van der Waals surface area contributed by atoms with Crippen LogP contribution in [0.3, 0.4) is 0 Å². The molecule has 0 saturated heterocycles. The third kappa shape index (κ3) is 3.93. The molecule has 0 atom stereocenters. The highest BCUT2D eigenvalue weighted by Gasteiger charge is 2.21. The van der Waals surface area contributed by atoms with Gasteiger partial charge in [-0.1, -0.05) is 6.07 Å². The van der Waals surface area contributed by atoms with Gasteiger partial charge in [0.15, 0.2) is 0 Å². The molecule has 0 N–H and O–H groups in total. The van der Waals surface area contributed by atoms with Gasteiger partial charge in [0.05, 0.1) is 24.8 Å². The standard InChI is InChI=1S/C21H24BrNO3/c1-12(2)26-19(24)11-17-13(3)23-14(4)21(22)20(17)16-7-8-18-15(10-16)6-5-9-25-18/h7-8,10,12H,5-6,9,11H2,1-4H3. The van der Waals surface area contributed by atoms with Crippen LogP contribution in [0, 0.1) is 13.8 Å². The summed E-state index contributed by atoms with van der Waals surface area (Å²) in [5.41, 5.74) is 5.97. The monoisotopic (exact) mass is 417 g/mol. The van der Waals surface area contributed by atoms with E-state index in [9.17, 15) is 4.79 Å². The second-order valence-electron chi connectivity index (χ2n) is 6.94. The number of benzene rings is 1. The van der Waals surface area contributed by atoms with E-state index in [4.69, 9.17) is 9.47 Å². The Morgan fingerprint density at radius 1 is 1.31 bits per heavy atom. The lowest BCUT2D eigenvalue weighted by molar-refractivity contribution is -0.146. The second kappa shape index (κ2) is 7.78. The van der Waals surface area contributed by atoms with E-state index in [-0.39, 0.29) is 18.5 Å². The van der Waals surface area contributed by atoms with Crippen LogP contribution in [-0.2, 0) is 22.4 Å². The Hall–Kier alpha value is -1.88. The normalized spacial score (nSPS) is 13.3. The number of carbonyl (C=O) groups is 1. The molecule has 2 aromatic rings. The Labute approximate surface area is 163 Å². The van der Waals surface area contributed by atoms with E-state index in [1.807, 2.05) is 33.8 Å². The van der Waals surface area contributed by atoms with Crippen molar-refractivity contribution >= 4 is 21.9 Å². The zero-order valence-corrected chi connectivity index (χ0v) is 17.3. The lowest BCUT2D eigenvalue weighted by Gasteiger charge is -2.20. The lowest BCUT2D eigenvalue weighted by Crippen LogP contribution is -2.16. The number of aryl methyl sites for hydroxylation is 3. The molecule has 0 fully saturated rings. The van der Waals surface area contributed by atoms with E-state index in [1.165, 1.54) is 5.56 Å². The molecule has 4 nitrogen and oxygen atoms in total. The van der Waals surface area contributed by atoms with Crippen molar-refractivity contribution in [2.24, 2.45) is 0 Å². The molecule has 138 valence electrons. The zero-order chi connectivity index (χ0) is 18.8. The topological polar surface area (TPSA) is 48.4 Å². The maximum absolute atomic E-state index is 12.3. The van der Waals surface area contributed by atoms with E-state index in [0.717, 1.165) is 57.7 Å². The number of carbonyl (C=O) groups excluding carboxylic acids is 1. The summed E-state index contributed by atoms with van der Waals surface area (Å²) in [4.78, 5) is 16.9. The summed E-state index contributed by atoms with van der Waals surface area (Å²) in [6.45, 7) is 8.41. The molecular formula is C21H24BrNO3. The summed E-state index contributed by atoms with van der Waals surface area (Å²) in [7, 11) is 0. The Bertz CT molecular complexity index is 846. The quantitative estimate of drug-likeness (QED) is 0.660. The smallest absolute Gasteiger partial charge is 0.310 e. The fourth-order valence-electron chi connectivity index (χ4n) is 3.34. The predicted molar refractivity (Wildman–Crippen MR) is 106 cm³/mol. The molecule has 0 aliphatic carbocycles. The Morgan fingerprint density at radius 3 is 2.81 bits per heavy atom. The van der Waals surface area contributed by atoms with Crippen molar-refractivity contribution in [2.45, 2.75) is 53.1 Å². The average molecular weight is 418 g/mol. The molecule has 3 rings (SSSR count). The summed E-state index contributed by atoms with van der Waals surface area (Å²) in [5.74, 6) is 0.725. The van der Waals surface area contributed by atoms with Crippen LogP contribution in [0.15, 0.2) is 22.7 Å². The van der Waals surface area contributed by atoms with Gasteiger partial charge in [-0.05, 0) is 85.3 Å². The van der Waals surface area contributed by atoms with Gasteiger partial charge < -0.3 is 9.47 Å². The predicted octanol–water partition coefficient (Wildman–Crippen LogP) is 4.95. The molecule has 1 aromatic heterocycles. The van der Waals surface area contributed by atoms with E-state index in [1.54, 1.807) is 0 Å². The first-order valence-corrected chi connectivity index (χ1v) is 9.77. The van der Waals surface area contributed by atoms with Crippen molar-refractivity contribution < 1.29 is 14.3 Å². The second-order valence-corrected chi connectivity index (χ2v) is 7.73. The minimum absolute atomic E-state index is 0.131. The molecule has 0 saturated carbocycles. The van der Waals surface area contributed by atoms with Gasteiger partial charge in [-0.25, -0.2) is 0 Å². The van der Waals surface area contributed by atoms with E-state index in [2.05, 4.69) is 33.0 Å². The summed E-state index contributed by atoms with van der Waals surface area (Å²) in [6.07, 6.45) is 2.11. The number of fused-ring (bicyclic) bond motifs is 1. The molecule has 5 heteroatoms. The van der Waals surface area contributed by atoms with Crippen molar-refractivity contribution in [3.8, 4) is 16.9 Å². The Kier molecular flexibility index (Phi) is 5.66. The van der Waals surface area contributed by atoms with Crippen LogP contribution < -0.4 is 4.74 Å². The summed E-state index contributed by atoms with van der Waals surface area (Å²) in [6, 6.07) is 6.25. The van der Waals surface area contributed by atoms with Gasteiger partial charge in [0.25, 0.3) is 0 Å². The molecule has 0 unspecified atom stereocenters. The van der Waals surface area contributed by atoms with Gasteiger partial charge in [-0.15, -0.1) is 0 Å². The number of esters is 1. The average Bonchev–Trinajstić information content (AvgIpc) is 2.59. The maximum atomic E-state index is 12.3. The molecule has 26 heavy (non-hydrogen) atoms. The highest BCUT2D eigenvalue weighted by atomic mass is 79.9. The molecule has 0 radical (unpaired) electrons. The molecule has 0 amide bonds. The third-order valence-electron chi connectivity index (χ3n) is 4.50. The SMILES string of the molecule is Cc1nc(C)c(CC(=O)OC(C)C)c(-c2ccc3c(c2)CCCO3)c1Br. The van der Waals surface area contributed by atoms with Crippen molar-refractivity contribution in [3.05, 3.63) is 45.2 Å². The maximum Gasteiger partial charge on any atom is 0.310 e. The molecule has 0 spiro atoms. The van der Waals surface area contributed by atoms with Crippen LogP contribution >= 0.6 is 15.9 Å². The molecule has 0 bridgehead atoms. The first-order valence-electron chi connectivity index (χ1n) is 8.98. The number of pyridine rings is 1. The number of nitrogens with zero attached hydrogens (tertiary/aromatic N) is 1. The summed E-state index contributed by atoms with van der Waals surface area (Å²) in [5, 5.41) is 0. The van der Waals surface area contributed by atoms with E-state index < -0.39 is 0 Å². The molecule has 2 heterocycles. The Balaban J connectivity index is 2.09. The van der Waals surface area contributed by atoms with E-state index in [0.29, 0.717) is 0 Å². The molecule has 1 aromatic carbocycles. The van der Waals surface area contributed by atoms with Crippen molar-refractivity contribution in [1.29, 1.82) is 0 Å². The first-order chi connectivity index (χ1) is 12.4. The summed E-state index contributed by atoms with van der Waals surface area (Å²) >= 11 is 3.69. The van der Waals surface area contributed by atoms with Crippen LogP contribution in [0.4, 0.5) is 0 Å². The van der Waals surface area contributed by atoms with Gasteiger partial charge in [0, 0.05) is 15.7 Å². The molecule has 1 aliphatic heterocycles. The van der Waals surface area contributed by atoms with E-state index >= 15 is 0 Å². The van der Waals surface area contributed by atoms with Crippen LogP contribution in [0.1, 0.15) is 42.8 Å². The van der Waals surface area contributed by atoms with Crippen LogP contribution in [0.2, 0.25) is 0 Å². The number of hydrogen-bond acceptors (Lipinski definition) is 4. The fourth-order valence-corrected chi connectivity index (χ4v) is 3.90. The molecule has 1 aliphatic rings. The van der Waals surface area contributed by atoms with Gasteiger partial charge in [0.1, 0.15) is 5.75 Å². The highest BCUT2D eigenvalue weighted by molar-refractivity contribution is 9.10. The highest BCUT2D eigenvalue weighted by Crippen LogP contribution is 2.38. The third-order valence-corrected chi connectivity index (χ3v) is 5.47. The lowest BCUT2D eigenvalue weighted by atomic mass is 9.93. The first kappa shape index (κ1) is 18.9. The van der Waals surface area contributed by atoms with Crippen LogP contribution in [0.5, 0.6) is 5.75 Å². The number of hydrogen-bond donors (Lipinski definition) is 0. The van der Waals surface area contributed by atoms with Crippen molar-refractivity contribution in [3.63, 3.8) is 0 Å². The number of halogens is 1. The minimum Gasteiger partial charge on any atom is -0.493 e. The van der Waals surface area contributed by atoms with Crippen molar-refractivity contribution in [2.75, 3.05) is 6.61 Å². The fraction of sp³-hybridized carbons (Fsp3) is 0.429. The van der Waals surface area contributed by atoms with Gasteiger partial charge in [-0.3, -0.25) is 9.78 Å². The van der Waals surface area contributed by atoms with Gasteiger partial charge in [0.2, 0.25) is 0 Å². The molecular weight excluding hydrogens is 394 g/mol. The Morgan fingerprint density at radius 2 is 2.08 bits per heavy atom. The zero-order valence-electron chi connectivity index (χ0n) is 15.7. The number of rotatable bonds is 4. The minimum atomic E-state index is -0.233. The summed E-state index contributed by atoms with van der Waals surface area (Å²) < 4.78 is 12.0. The number of aromatic nitrogens is 1. The van der Waals surface area contributed by atoms with Crippen LogP contribution in [-0.4, -0.2) is 23.7 Å². The van der Waals surface area contributed by atoms with Crippen molar-refractivity contribution in [1.82, 2.24) is 4.98 Å². The van der Waals surface area contributed by atoms with Gasteiger partial charge in [-0.2, -0.15) is 0 Å². The van der Waals surface area contributed by atoms with Crippen LogP contribution in [0.25, 0.3) is 11.1 Å². The largest absolute Gasteiger partial charge is 0.493 e. The van der Waals surface area contributed by atoms with Gasteiger partial charge >= 0.3 is 5.97 Å².